The summed E-state index contributed by atoms with van der Waals surface area (Å²) in [6, 6.07) is 24.4. The summed E-state index contributed by atoms with van der Waals surface area (Å²) in [5, 5.41) is 6.30. The van der Waals surface area contributed by atoms with Crippen LogP contribution in [0.1, 0.15) is 23.6 Å². The van der Waals surface area contributed by atoms with E-state index in [1.54, 1.807) is 13.2 Å². The predicted molar refractivity (Wildman–Crippen MR) is 144 cm³/mol. The third-order valence-electron chi connectivity index (χ3n) is 6.50. The van der Waals surface area contributed by atoms with Gasteiger partial charge in [-0.1, -0.05) is 60.7 Å². The standard InChI is InChI=1S/C31H27NO3/c1-19-10-5-8-15-28(19)32-29(33)16-20(2)25-17-26-27(18-35-31(26)21(3)30(25)34-4)24-14-9-12-22-11-6-7-13-23(22)24/h5-18H,1-4H3,(H,32,33)/b20-16+. The molecule has 0 aliphatic carbocycles. The highest BCUT2D eigenvalue weighted by Crippen LogP contribution is 2.42. The summed E-state index contributed by atoms with van der Waals surface area (Å²) in [6.07, 6.45) is 3.43. The Bertz CT molecular complexity index is 1600. The fraction of sp³-hybridized carbons (Fsp3) is 0.129. The number of anilines is 1. The van der Waals surface area contributed by atoms with E-state index < -0.39 is 0 Å². The molecule has 0 unspecified atom stereocenters. The molecule has 4 heteroatoms. The molecule has 0 spiro atoms. The van der Waals surface area contributed by atoms with Crippen LogP contribution in [0.15, 0.2) is 89.6 Å². The summed E-state index contributed by atoms with van der Waals surface area (Å²) in [5.74, 6) is 0.520. The largest absolute Gasteiger partial charge is 0.496 e. The van der Waals surface area contributed by atoms with Crippen molar-refractivity contribution >= 4 is 38.9 Å². The maximum Gasteiger partial charge on any atom is 0.248 e. The first-order valence-electron chi connectivity index (χ1n) is 11.6. The van der Waals surface area contributed by atoms with Gasteiger partial charge >= 0.3 is 0 Å². The van der Waals surface area contributed by atoms with Gasteiger partial charge in [0.2, 0.25) is 5.91 Å². The van der Waals surface area contributed by atoms with Crippen molar-refractivity contribution in [2.24, 2.45) is 0 Å². The van der Waals surface area contributed by atoms with Gasteiger partial charge in [-0.15, -0.1) is 0 Å². The average Bonchev–Trinajstić information content (AvgIpc) is 3.29. The van der Waals surface area contributed by atoms with Gasteiger partial charge < -0.3 is 14.5 Å². The van der Waals surface area contributed by atoms with Crippen LogP contribution in [0.2, 0.25) is 0 Å². The summed E-state index contributed by atoms with van der Waals surface area (Å²) in [5.41, 5.74) is 7.29. The third kappa shape index (κ3) is 4.08. The second-order valence-corrected chi connectivity index (χ2v) is 8.77. The van der Waals surface area contributed by atoms with E-state index >= 15 is 0 Å². The fourth-order valence-electron chi connectivity index (χ4n) is 4.70. The average molecular weight is 462 g/mol. The van der Waals surface area contributed by atoms with Gasteiger partial charge in [0.05, 0.1) is 13.4 Å². The van der Waals surface area contributed by atoms with Gasteiger partial charge in [-0.25, -0.2) is 0 Å². The SMILES string of the molecule is COc1c(/C(C)=C/C(=O)Nc2ccccc2C)cc2c(-c3cccc4ccccc34)coc2c1C. The van der Waals surface area contributed by atoms with Crippen molar-refractivity contribution in [3.8, 4) is 16.9 Å². The lowest BCUT2D eigenvalue weighted by Crippen LogP contribution is -2.09. The molecule has 0 bridgehead atoms. The Balaban J connectivity index is 1.62. The number of aryl methyl sites for hydroxylation is 2. The summed E-state index contributed by atoms with van der Waals surface area (Å²) >= 11 is 0. The highest BCUT2D eigenvalue weighted by atomic mass is 16.5. The molecule has 1 aromatic heterocycles. The Morgan fingerprint density at radius 2 is 1.66 bits per heavy atom. The van der Waals surface area contributed by atoms with E-state index in [0.29, 0.717) is 5.75 Å². The minimum absolute atomic E-state index is 0.182. The number of hydrogen-bond acceptors (Lipinski definition) is 3. The predicted octanol–water partition coefficient (Wildman–Crippen LogP) is 7.92. The number of ether oxygens (including phenoxy) is 1. The number of para-hydroxylation sites is 1. The highest BCUT2D eigenvalue weighted by molar-refractivity contribution is 6.08. The molecule has 0 saturated carbocycles. The zero-order valence-corrected chi connectivity index (χ0v) is 20.3. The molecule has 0 aliphatic rings. The van der Waals surface area contributed by atoms with Crippen LogP contribution in [0, 0.1) is 13.8 Å². The van der Waals surface area contributed by atoms with Crippen molar-refractivity contribution in [2.45, 2.75) is 20.8 Å². The van der Waals surface area contributed by atoms with Crippen molar-refractivity contribution in [3.05, 3.63) is 102 Å². The van der Waals surface area contributed by atoms with Gasteiger partial charge in [-0.3, -0.25) is 4.79 Å². The van der Waals surface area contributed by atoms with Crippen LogP contribution in [-0.2, 0) is 4.79 Å². The van der Waals surface area contributed by atoms with Crippen molar-refractivity contribution in [3.63, 3.8) is 0 Å². The first-order valence-corrected chi connectivity index (χ1v) is 11.6. The van der Waals surface area contributed by atoms with E-state index in [0.717, 1.165) is 55.4 Å². The molecular weight excluding hydrogens is 434 g/mol. The normalized spacial score (nSPS) is 11.7. The number of hydrogen-bond donors (Lipinski definition) is 1. The van der Waals surface area contributed by atoms with Crippen LogP contribution in [-0.4, -0.2) is 13.0 Å². The molecule has 5 rings (SSSR count). The molecule has 4 aromatic carbocycles. The number of furan rings is 1. The van der Waals surface area contributed by atoms with Gasteiger partial charge in [0, 0.05) is 33.8 Å². The van der Waals surface area contributed by atoms with Gasteiger partial charge in [-0.2, -0.15) is 0 Å². The van der Waals surface area contributed by atoms with Crippen molar-refractivity contribution in [2.75, 3.05) is 12.4 Å². The summed E-state index contributed by atoms with van der Waals surface area (Å²) in [6.45, 7) is 5.89. The minimum Gasteiger partial charge on any atom is -0.496 e. The van der Waals surface area contributed by atoms with E-state index in [9.17, 15) is 4.79 Å². The van der Waals surface area contributed by atoms with Crippen molar-refractivity contribution in [1.82, 2.24) is 0 Å². The lowest BCUT2D eigenvalue weighted by molar-refractivity contribution is -0.111. The highest BCUT2D eigenvalue weighted by Gasteiger charge is 2.19. The smallest absolute Gasteiger partial charge is 0.248 e. The van der Waals surface area contributed by atoms with Gasteiger partial charge in [0.15, 0.2) is 0 Å². The first kappa shape index (κ1) is 22.5. The molecule has 0 fully saturated rings. The minimum atomic E-state index is -0.182. The number of rotatable bonds is 5. The Hall–Kier alpha value is -4.31. The number of amides is 1. The van der Waals surface area contributed by atoms with Gasteiger partial charge in [0.25, 0.3) is 0 Å². The van der Waals surface area contributed by atoms with Crippen molar-refractivity contribution < 1.29 is 13.9 Å². The number of methoxy groups -OCH3 is 1. The third-order valence-corrected chi connectivity index (χ3v) is 6.50. The van der Waals surface area contributed by atoms with Crippen LogP contribution in [0.3, 0.4) is 0 Å². The monoisotopic (exact) mass is 461 g/mol. The Morgan fingerprint density at radius 3 is 2.46 bits per heavy atom. The zero-order valence-electron chi connectivity index (χ0n) is 20.3. The number of benzene rings is 4. The molecule has 1 amide bonds. The number of nitrogens with one attached hydrogen (secondary N) is 1. The van der Waals surface area contributed by atoms with Crippen LogP contribution in [0.5, 0.6) is 5.75 Å². The Labute approximate surface area is 204 Å². The first-order chi connectivity index (χ1) is 17.0. The lowest BCUT2D eigenvalue weighted by atomic mass is 9.94. The fourth-order valence-corrected chi connectivity index (χ4v) is 4.70. The van der Waals surface area contributed by atoms with Crippen molar-refractivity contribution in [1.29, 1.82) is 0 Å². The van der Waals surface area contributed by atoms with Crippen LogP contribution >= 0.6 is 0 Å². The maximum atomic E-state index is 12.8. The van der Waals surface area contributed by atoms with E-state index in [-0.39, 0.29) is 5.91 Å². The Morgan fingerprint density at radius 1 is 0.914 bits per heavy atom. The molecule has 5 aromatic rings. The van der Waals surface area contributed by atoms with E-state index in [4.69, 9.17) is 9.15 Å². The molecule has 0 aliphatic heterocycles. The quantitative estimate of drug-likeness (QED) is 0.270. The molecule has 0 saturated heterocycles. The molecule has 1 N–H and O–H groups in total. The zero-order chi connectivity index (χ0) is 24.5. The van der Waals surface area contributed by atoms with E-state index in [1.165, 1.54) is 5.39 Å². The molecule has 4 nitrogen and oxygen atoms in total. The summed E-state index contributed by atoms with van der Waals surface area (Å²) < 4.78 is 11.8. The molecule has 174 valence electrons. The number of fused-ring (bicyclic) bond motifs is 2. The number of allylic oxidation sites excluding steroid dienone is 1. The second-order valence-electron chi connectivity index (χ2n) is 8.77. The van der Waals surface area contributed by atoms with Gasteiger partial charge in [-0.05, 0) is 60.4 Å². The van der Waals surface area contributed by atoms with Crippen LogP contribution < -0.4 is 10.1 Å². The lowest BCUT2D eigenvalue weighted by Gasteiger charge is -2.14. The topological polar surface area (TPSA) is 51.5 Å². The second kappa shape index (κ2) is 9.15. The molecule has 1 heterocycles. The maximum absolute atomic E-state index is 12.8. The molecule has 0 atom stereocenters. The van der Waals surface area contributed by atoms with E-state index in [1.807, 2.05) is 63.4 Å². The van der Waals surface area contributed by atoms with Gasteiger partial charge in [0.1, 0.15) is 11.3 Å². The molecule has 0 radical (unpaired) electrons. The van der Waals surface area contributed by atoms with E-state index in [2.05, 4.69) is 41.7 Å². The number of carbonyl (C=O) groups is 1. The summed E-state index contributed by atoms with van der Waals surface area (Å²) in [4.78, 5) is 12.8. The van der Waals surface area contributed by atoms with Crippen LogP contribution in [0.4, 0.5) is 5.69 Å². The Kier molecular flexibility index (Phi) is 5.87. The summed E-state index contributed by atoms with van der Waals surface area (Å²) in [7, 11) is 1.65. The molecule has 35 heavy (non-hydrogen) atoms. The van der Waals surface area contributed by atoms with Crippen LogP contribution in [0.25, 0.3) is 38.4 Å². The molecular formula is C31H27NO3. The number of carbonyl (C=O) groups excluding carboxylic acids is 1.